The Balaban J connectivity index is 2.74. The van der Waals surface area contributed by atoms with Gasteiger partial charge in [-0.3, -0.25) is 0 Å². The molecule has 0 fully saturated rings. The number of aliphatic hydroxyl groups is 1. The molecule has 0 heterocycles. The van der Waals surface area contributed by atoms with Crippen molar-refractivity contribution in [2.24, 2.45) is 0 Å². The normalized spacial score (nSPS) is 11.6. The molecule has 1 unspecified atom stereocenters. The van der Waals surface area contributed by atoms with Crippen LogP contribution in [0.4, 0.5) is 0 Å². The third-order valence-electron chi connectivity index (χ3n) is 2.80. The molecule has 0 amide bonds. The lowest BCUT2D eigenvalue weighted by atomic mass is 10.1. The van der Waals surface area contributed by atoms with Crippen LogP contribution in [0.5, 0.6) is 5.75 Å². The van der Waals surface area contributed by atoms with E-state index in [0.29, 0.717) is 12.4 Å². The Morgan fingerprint density at radius 3 is 2.79 bits per heavy atom. The van der Waals surface area contributed by atoms with Crippen molar-refractivity contribution in [1.82, 2.24) is 0 Å². The Morgan fingerprint density at radius 1 is 1.37 bits per heavy atom. The summed E-state index contributed by atoms with van der Waals surface area (Å²) in [6, 6.07) is 5.80. The van der Waals surface area contributed by atoms with E-state index in [1.165, 1.54) is 0 Å². The van der Waals surface area contributed by atoms with Gasteiger partial charge in [0.05, 0.1) is 25.4 Å². The Kier molecular flexibility index (Phi) is 7.02. The fourth-order valence-electron chi connectivity index (χ4n) is 1.81. The molecule has 104 valence electrons. The molecule has 0 saturated carbocycles. The molecule has 3 heteroatoms. The highest BCUT2D eigenvalue weighted by atomic mass is 16.5. The number of rotatable bonds is 6. The van der Waals surface area contributed by atoms with Gasteiger partial charge in [0.15, 0.2) is 0 Å². The molecule has 0 bridgehead atoms. The largest absolute Gasteiger partial charge is 0.495 e. The van der Waals surface area contributed by atoms with Crippen molar-refractivity contribution in [2.75, 3.05) is 13.7 Å². The summed E-state index contributed by atoms with van der Waals surface area (Å²) in [5.74, 6) is 6.24. The Morgan fingerprint density at radius 2 is 2.16 bits per heavy atom. The van der Waals surface area contributed by atoms with Crippen LogP contribution in [-0.2, 0) is 11.3 Å². The second kappa shape index (κ2) is 8.58. The molecular weight excluding hydrogens is 240 g/mol. The summed E-state index contributed by atoms with van der Waals surface area (Å²) in [4.78, 5) is 0. The third-order valence-corrected chi connectivity index (χ3v) is 2.80. The summed E-state index contributed by atoms with van der Waals surface area (Å²) < 4.78 is 11.0. The van der Waals surface area contributed by atoms with E-state index in [4.69, 9.17) is 14.6 Å². The Bertz CT molecular complexity index is 443. The van der Waals surface area contributed by atoms with Crippen LogP contribution in [0.2, 0.25) is 0 Å². The van der Waals surface area contributed by atoms with Crippen molar-refractivity contribution < 1.29 is 14.6 Å². The highest BCUT2D eigenvalue weighted by molar-refractivity contribution is 5.48. The van der Waals surface area contributed by atoms with Gasteiger partial charge < -0.3 is 14.6 Å². The summed E-state index contributed by atoms with van der Waals surface area (Å²) in [7, 11) is 1.61. The van der Waals surface area contributed by atoms with E-state index in [0.717, 1.165) is 24.0 Å². The molecule has 0 radical (unpaired) electrons. The molecule has 19 heavy (non-hydrogen) atoms. The second-order valence-corrected chi connectivity index (χ2v) is 4.40. The monoisotopic (exact) mass is 262 g/mol. The summed E-state index contributed by atoms with van der Waals surface area (Å²) >= 11 is 0. The van der Waals surface area contributed by atoms with E-state index in [-0.39, 0.29) is 12.7 Å². The highest BCUT2D eigenvalue weighted by Crippen LogP contribution is 2.19. The van der Waals surface area contributed by atoms with Crippen LogP contribution < -0.4 is 4.74 Å². The van der Waals surface area contributed by atoms with Crippen molar-refractivity contribution in [3.05, 3.63) is 29.3 Å². The predicted octanol–water partition coefficient (Wildman–Crippen LogP) is 2.74. The molecule has 1 N–H and O–H groups in total. The van der Waals surface area contributed by atoms with Crippen molar-refractivity contribution in [2.45, 2.75) is 39.4 Å². The van der Waals surface area contributed by atoms with Crippen LogP contribution in [0, 0.1) is 11.8 Å². The molecule has 1 rings (SSSR count). The lowest BCUT2D eigenvalue weighted by Crippen LogP contribution is -2.07. The van der Waals surface area contributed by atoms with E-state index >= 15 is 0 Å². The van der Waals surface area contributed by atoms with E-state index in [1.807, 2.05) is 18.2 Å². The first kappa shape index (κ1) is 15.6. The Labute approximate surface area is 115 Å². The van der Waals surface area contributed by atoms with Crippen molar-refractivity contribution in [1.29, 1.82) is 0 Å². The van der Waals surface area contributed by atoms with Gasteiger partial charge in [-0.1, -0.05) is 31.3 Å². The number of benzene rings is 1. The van der Waals surface area contributed by atoms with Gasteiger partial charge in [0.25, 0.3) is 0 Å². The first-order chi connectivity index (χ1) is 9.21. The average molecular weight is 262 g/mol. The zero-order valence-electron chi connectivity index (χ0n) is 11.9. The standard InChI is InChI=1S/C16H22O3/c1-4-6-13(2)19-12-14-8-9-16(18-3)15(11-14)7-5-10-17/h8-9,11,13,17H,4,6,10,12H2,1-3H3. The quantitative estimate of drug-likeness (QED) is 0.801. The minimum atomic E-state index is -0.155. The number of ether oxygens (including phenoxy) is 2. The molecule has 1 aromatic carbocycles. The first-order valence-corrected chi connectivity index (χ1v) is 6.59. The fraction of sp³-hybridized carbons (Fsp3) is 0.500. The number of hydrogen-bond acceptors (Lipinski definition) is 3. The van der Waals surface area contributed by atoms with Gasteiger partial charge >= 0.3 is 0 Å². The first-order valence-electron chi connectivity index (χ1n) is 6.59. The summed E-state index contributed by atoms with van der Waals surface area (Å²) in [6.07, 6.45) is 2.45. The molecule has 0 aliphatic carbocycles. The Hall–Kier alpha value is -1.50. The SMILES string of the molecule is CCCC(C)OCc1ccc(OC)c(C#CCO)c1. The van der Waals surface area contributed by atoms with E-state index in [1.54, 1.807) is 7.11 Å². The summed E-state index contributed by atoms with van der Waals surface area (Å²) in [6.45, 7) is 4.64. The highest BCUT2D eigenvalue weighted by Gasteiger charge is 2.05. The van der Waals surface area contributed by atoms with Crippen molar-refractivity contribution in [3.63, 3.8) is 0 Å². The zero-order valence-corrected chi connectivity index (χ0v) is 11.9. The molecule has 3 nitrogen and oxygen atoms in total. The van der Waals surface area contributed by atoms with Crippen molar-refractivity contribution >= 4 is 0 Å². The maximum absolute atomic E-state index is 8.76. The van der Waals surface area contributed by atoms with Crippen LogP contribution in [0.3, 0.4) is 0 Å². The van der Waals surface area contributed by atoms with Gasteiger partial charge in [-0.05, 0) is 31.0 Å². The molecule has 1 atom stereocenters. The number of methoxy groups -OCH3 is 1. The number of aliphatic hydroxyl groups excluding tert-OH is 1. The molecule has 0 spiro atoms. The van der Waals surface area contributed by atoms with Gasteiger partial charge in [-0.25, -0.2) is 0 Å². The van der Waals surface area contributed by atoms with Crippen LogP contribution in [0.25, 0.3) is 0 Å². The molecule has 0 saturated heterocycles. The molecule has 0 aliphatic rings. The summed E-state index contributed by atoms with van der Waals surface area (Å²) in [5, 5.41) is 8.76. The van der Waals surface area contributed by atoms with E-state index in [9.17, 15) is 0 Å². The smallest absolute Gasteiger partial charge is 0.134 e. The van der Waals surface area contributed by atoms with Gasteiger partial charge in [0, 0.05) is 0 Å². The van der Waals surface area contributed by atoms with Crippen LogP contribution >= 0.6 is 0 Å². The minimum Gasteiger partial charge on any atom is -0.495 e. The van der Waals surface area contributed by atoms with Crippen molar-refractivity contribution in [3.8, 4) is 17.6 Å². The second-order valence-electron chi connectivity index (χ2n) is 4.40. The van der Waals surface area contributed by atoms with Crippen LogP contribution in [0.1, 0.15) is 37.8 Å². The maximum atomic E-state index is 8.76. The van der Waals surface area contributed by atoms with Gasteiger partial charge in [0.1, 0.15) is 12.4 Å². The zero-order chi connectivity index (χ0) is 14.1. The van der Waals surface area contributed by atoms with Crippen LogP contribution in [0.15, 0.2) is 18.2 Å². The van der Waals surface area contributed by atoms with Crippen LogP contribution in [-0.4, -0.2) is 24.9 Å². The third kappa shape index (κ3) is 5.34. The average Bonchev–Trinajstić information content (AvgIpc) is 2.43. The van der Waals surface area contributed by atoms with E-state index in [2.05, 4.69) is 25.7 Å². The lowest BCUT2D eigenvalue weighted by molar-refractivity contribution is 0.0471. The molecule has 0 aliphatic heterocycles. The summed E-state index contributed by atoms with van der Waals surface area (Å²) in [5.41, 5.74) is 1.84. The minimum absolute atomic E-state index is 0.155. The maximum Gasteiger partial charge on any atom is 0.134 e. The molecular formula is C16H22O3. The van der Waals surface area contributed by atoms with Gasteiger partial charge in [0.2, 0.25) is 0 Å². The number of hydrogen-bond donors (Lipinski definition) is 1. The fourth-order valence-corrected chi connectivity index (χ4v) is 1.81. The van der Waals surface area contributed by atoms with E-state index < -0.39 is 0 Å². The topological polar surface area (TPSA) is 38.7 Å². The molecule has 1 aromatic rings. The predicted molar refractivity (Wildman–Crippen MR) is 76.1 cm³/mol. The molecule has 0 aromatic heterocycles. The lowest BCUT2D eigenvalue weighted by Gasteiger charge is -2.12. The van der Waals surface area contributed by atoms with Gasteiger partial charge in [-0.2, -0.15) is 0 Å². The van der Waals surface area contributed by atoms with Gasteiger partial charge in [-0.15, -0.1) is 0 Å².